The first-order chi connectivity index (χ1) is 13.8. The molecule has 0 aliphatic rings. The minimum Gasteiger partial charge on any atom is -0.497 e. The number of carbonyl (C=O) groups is 1. The highest BCUT2D eigenvalue weighted by Gasteiger charge is 2.16. The maximum atomic E-state index is 12.6. The minimum absolute atomic E-state index is 0.0727. The van der Waals surface area contributed by atoms with Crippen LogP contribution in [0.3, 0.4) is 0 Å². The van der Waals surface area contributed by atoms with Crippen LogP contribution in [-0.2, 0) is 10.0 Å². The summed E-state index contributed by atoms with van der Waals surface area (Å²) >= 11 is 0. The molecule has 0 aliphatic heterocycles. The summed E-state index contributed by atoms with van der Waals surface area (Å²) in [6.07, 6.45) is 2.72. The summed E-state index contributed by atoms with van der Waals surface area (Å²) in [5.74, 6) is 0.174. The average Bonchev–Trinajstić information content (AvgIpc) is 2.71. The molecule has 0 unspecified atom stereocenters. The molecule has 0 radical (unpaired) electrons. The van der Waals surface area contributed by atoms with E-state index in [9.17, 15) is 13.2 Å². The van der Waals surface area contributed by atoms with E-state index in [1.54, 1.807) is 12.1 Å². The van der Waals surface area contributed by atoms with Crippen molar-refractivity contribution in [2.45, 2.75) is 18.7 Å². The first-order valence-electron chi connectivity index (χ1n) is 8.79. The average molecular weight is 411 g/mol. The SMILES string of the molecule is COc1ccc(S(=O)(=O)Nc2cncc(C(=O)Nc3cccc(C)c3C)c2)cc1. The molecular weight excluding hydrogens is 390 g/mol. The van der Waals surface area contributed by atoms with E-state index in [1.165, 1.54) is 37.7 Å². The Morgan fingerprint density at radius 2 is 1.76 bits per heavy atom. The number of anilines is 2. The quantitative estimate of drug-likeness (QED) is 0.644. The molecule has 7 nitrogen and oxygen atoms in total. The first-order valence-corrected chi connectivity index (χ1v) is 10.3. The predicted octanol–water partition coefficient (Wildman–Crippen LogP) is 3.76. The summed E-state index contributed by atoms with van der Waals surface area (Å²) in [7, 11) is -2.33. The predicted molar refractivity (Wildman–Crippen MR) is 112 cm³/mol. The molecule has 0 saturated heterocycles. The van der Waals surface area contributed by atoms with Crippen molar-refractivity contribution in [2.75, 3.05) is 17.1 Å². The number of hydrogen-bond acceptors (Lipinski definition) is 5. The van der Waals surface area contributed by atoms with Crippen molar-refractivity contribution >= 4 is 27.3 Å². The van der Waals surface area contributed by atoms with E-state index < -0.39 is 10.0 Å². The highest BCUT2D eigenvalue weighted by Crippen LogP contribution is 2.21. The van der Waals surface area contributed by atoms with E-state index in [0.29, 0.717) is 11.4 Å². The van der Waals surface area contributed by atoms with Crippen molar-refractivity contribution in [1.82, 2.24) is 4.98 Å². The number of carbonyl (C=O) groups excluding carboxylic acids is 1. The van der Waals surface area contributed by atoms with E-state index in [4.69, 9.17) is 4.74 Å². The van der Waals surface area contributed by atoms with E-state index in [-0.39, 0.29) is 22.1 Å². The van der Waals surface area contributed by atoms with Crippen molar-refractivity contribution in [1.29, 1.82) is 0 Å². The number of benzene rings is 2. The fourth-order valence-electron chi connectivity index (χ4n) is 2.67. The number of rotatable bonds is 6. The Hall–Kier alpha value is -3.39. The Bertz CT molecular complexity index is 1140. The molecular formula is C21H21N3O4S. The first kappa shape index (κ1) is 20.3. The number of nitrogens with one attached hydrogen (secondary N) is 2. The molecule has 2 N–H and O–H groups in total. The standard InChI is InChI=1S/C21H21N3O4S/c1-14-5-4-6-20(15(14)2)23-21(25)16-11-17(13-22-12-16)24-29(26,27)19-9-7-18(28-3)8-10-19/h4-13,24H,1-3H3,(H,23,25). The Morgan fingerprint density at radius 1 is 1.03 bits per heavy atom. The van der Waals surface area contributed by atoms with E-state index >= 15 is 0 Å². The molecule has 0 bridgehead atoms. The number of nitrogens with zero attached hydrogens (tertiary/aromatic N) is 1. The number of ether oxygens (including phenoxy) is 1. The van der Waals surface area contributed by atoms with Gasteiger partial charge in [-0.1, -0.05) is 12.1 Å². The second-order valence-electron chi connectivity index (χ2n) is 6.44. The molecule has 0 atom stereocenters. The summed E-state index contributed by atoms with van der Waals surface area (Å²) < 4.78 is 32.6. The normalized spacial score (nSPS) is 11.0. The number of methoxy groups -OCH3 is 1. The summed E-state index contributed by atoms with van der Waals surface area (Å²) in [5, 5.41) is 2.83. The maximum Gasteiger partial charge on any atom is 0.261 e. The second kappa shape index (κ2) is 8.32. The topological polar surface area (TPSA) is 97.4 Å². The van der Waals surface area contributed by atoms with Gasteiger partial charge in [-0.3, -0.25) is 14.5 Å². The van der Waals surface area contributed by atoms with Crippen molar-refractivity contribution in [3.63, 3.8) is 0 Å². The van der Waals surface area contributed by atoms with Crippen LogP contribution in [0.4, 0.5) is 11.4 Å². The molecule has 0 spiro atoms. The third-order valence-corrected chi connectivity index (χ3v) is 5.87. The summed E-state index contributed by atoms with van der Waals surface area (Å²) in [5.41, 5.74) is 3.14. The van der Waals surface area contributed by atoms with Crippen molar-refractivity contribution in [2.24, 2.45) is 0 Å². The van der Waals surface area contributed by atoms with Crippen LogP contribution in [0, 0.1) is 13.8 Å². The summed E-state index contributed by atoms with van der Waals surface area (Å²) in [4.78, 5) is 16.7. The molecule has 3 rings (SSSR count). The van der Waals surface area contributed by atoms with Gasteiger partial charge >= 0.3 is 0 Å². The van der Waals surface area contributed by atoms with Gasteiger partial charge in [0.15, 0.2) is 0 Å². The van der Waals surface area contributed by atoms with Crippen LogP contribution in [-0.4, -0.2) is 26.4 Å². The number of aryl methyl sites for hydroxylation is 1. The molecule has 1 amide bonds. The van der Waals surface area contributed by atoms with Crippen molar-refractivity contribution in [3.05, 3.63) is 77.6 Å². The van der Waals surface area contributed by atoms with E-state index in [1.807, 2.05) is 32.0 Å². The van der Waals surface area contributed by atoms with Gasteiger partial charge in [0.2, 0.25) is 0 Å². The van der Waals surface area contributed by atoms with Gasteiger partial charge in [-0.25, -0.2) is 8.42 Å². The lowest BCUT2D eigenvalue weighted by Crippen LogP contribution is -2.16. The Balaban J connectivity index is 1.79. The fraction of sp³-hybridized carbons (Fsp3) is 0.143. The van der Waals surface area contributed by atoms with Crippen LogP contribution in [0.1, 0.15) is 21.5 Å². The zero-order valence-corrected chi connectivity index (χ0v) is 17.1. The third kappa shape index (κ3) is 4.72. The number of pyridine rings is 1. The molecule has 0 fully saturated rings. The molecule has 0 aliphatic carbocycles. The largest absolute Gasteiger partial charge is 0.497 e. The van der Waals surface area contributed by atoms with Gasteiger partial charge in [0.25, 0.3) is 15.9 Å². The minimum atomic E-state index is -3.83. The van der Waals surface area contributed by atoms with Gasteiger partial charge in [0.05, 0.1) is 29.5 Å². The Morgan fingerprint density at radius 3 is 2.45 bits per heavy atom. The second-order valence-corrected chi connectivity index (χ2v) is 8.13. The molecule has 150 valence electrons. The van der Waals surface area contributed by atoms with Gasteiger partial charge in [-0.05, 0) is 61.4 Å². The van der Waals surface area contributed by atoms with Crippen molar-refractivity contribution in [3.8, 4) is 5.75 Å². The fourth-order valence-corrected chi connectivity index (χ4v) is 3.70. The van der Waals surface area contributed by atoms with E-state index in [2.05, 4.69) is 15.0 Å². The zero-order chi connectivity index (χ0) is 21.0. The Kier molecular flexibility index (Phi) is 5.84. The smallest absolute Gasteiger partial charge is 0.261 e. The monoisotopic (exact) mass is 411 g/mol. The van der Waals surface area contributed by atoms with E-state index in [0.717, 1.165) is 11.1 Å². The molecule has 29 heavy (non-hydrogen) atoms. The molecule has 2 aromatic carbocycles. The number of amides is 1. The van der Waals surface area contributed by atoms with Gasteiger partial charge < -0.3 is 10.1 Å². The van der Waals surface area contributed by atoms with Gasteiger partial charge in [-0.2, -0.15) is 0 Å². The number of aromatic nitrogens is 1. The molecule has 3 aromatic rings. The van der Waals surface area contributed by atoms with Gasteiger partial charge in [0.1, 0.15) is 5.75 Å². The maximum absolute atomic E-state index is 12.6. The molecule has 1 aromatic heterocycles. The summed E-state index contributed by atoms with van der Waals surface area (Å²) in [6.45, 7) is 3.88. The van der Waals surface area contributed by atoms with Crippen molar-refractivity contribution < 1.29 is 17.9 Å². The lowest BCUT2D eigenvalue weighted by molar-refractivity contribution is 0.102. The molecule has 8 heteroatoms. The number of hydrogen-bond donors (Lipinski definition) is 2. The van der Waals surface area contributed by atoms with Crippen LogP contribution < -0.4 is 14.8 Å². The van der Waals surface area contributed by atoms with Crippen LogP contribution in [0.15, 0.2) is 65.8 Å². The Labute approximate surface area is 169 Å². The van der Waals surface area contributed by atoms with Gasteiger partial charge in [-0.15, -0.1) is 0 Å². The molecule has 0 saturated carbocycles. The lowest BCUT2D eigenvalue weighted by atomic mass is 10.1. The van der Waals surface area contributed by atoms with Crippen LogP contribution in [0.5, 0.6) is 5.75 Å². The number of sulfonamides is 1. The lowest BCUT2D eigenvalue weighted by Gasteiger charge is -2.12. The van der Waals surface area contributed by atoms with Crippen LogP contribution in [0.25, 0.3) is 0 Å². The van der Waals surface area contributed by atoms with Crippen LogP contribution >= 0.6 is 0 Å². The highest BCUT2D eigenvalue weighted by molar-refractivity contribution is 7.92. The highest BCUT2D eigenvalue weighted by atomic mass is 32.2. The summed E-state index contributed by atoms with van der Waals surface area (Å²) in [6, 6.07) is 13.0. The van der Waals surface area contributed by atoms with Crippen LogP contribution in [0.2, 0.25) is 0 Å². The molecule has 1 heterocycles. The van der Waals surface area contributed by atoms with Gasteiger partial charge in [0, 0.05) is 11.9 Å². The zero-order valence-electron chi connectivity index (χ0n) is 16.3. The third-order valence-electron chi connectivity index (χ3n) is 4.48.